The van der Waals surface area contributed by atoms with Crippen molar-refractivity contribution in [1.82, 2.24) is 0 Å². The zero-order valence-corrected chi connectivity index (χ0v) is 11.2. The van der Waals surface area contributed by atoms with E-state index in [0.717, 1.165) is 13.2 Å². The molecule has 2 aliphatic rings. The second-order valence-electron chi connectivity index (χ2n) is 5.25. The van der Waals surface area contributed by atoms with Crippen molar-refractivity contribution in [2.24, 2.45) is 0 Å². The minimum atomic E-state index is 0.370. The van der Waals surface area contributed by atoms with Crippen LogP contribution >= 0.6 is 0 Å². The maximum atomic E-state index is 5.65. The Morgan fingerprint density at radius 3 is 1.65 bits per heavy atom. The van der Waals surface area contributed by atoms with Crippen molar-refractivity contribution in [2.75, 3.05) is 13.2 Å². The largest absolute Gasteiger partial charge is 0.376 e. The van der Waals surface area contributed by atoms with Gasteiger partial charge >= 0.3 is 0 Å². The average Bonchev–Trinajstić information content (AvgIpc) is 3.22. The Kier molecular flexibility index (Phi) is 5.26. The van der Waals surface area contributed by atoms with E-state index in [1.54, 1.807) is 0 Å². The molecule has 2 aliphatic heterocycles. The summed E-state index contributed by atoms with van der Waals surface area (Å²) in [4.78, 5) is 0. The molecular weight excluding hydrogens is 216 g/mol. The van der Waals surface area contributed by atoms with E-state index in [0.29, 0.717) is 24.4 Å². The Balaban J connectivity index is 1.41. The van der Waals surface area contributed by atoms with Crippen LogP contribution in [0.5, 0.6) is 0 Å². The van der Waals surface area contributed by atoms with Gasteiger partial charge in [-0.25, -0.2) is 0 Å². The first kappa shape index (κ1) is 13.3. The minimum Gasteiger partial charge on any atom is -0.376 e. The van der Waals surface area contributed by atoms with Crippen LogP contribution < -0.4 is 0 Å². The number of hydrogen-bond acceptors (Lipinski definition) is 3. The maximum absolute atomic E-state index is 5.65. The van der Waals surface area contributed by atoms with Gasteiger partial charge < -0.3 is 14.2 Å². The maximum Gasteiger partial charge on any atom is 0.107 e. The summed E-state index contributed by atoms with van der Waals surface area (Å²) in [6.07, 6.45) is 9.14. The van der Waals surface area contributed by atoms with Crippen molar-refractivity contribution >= 4 is 0 Å². The van der Waals surface area contributed by atoms with Gasteiger partial charge in [-0.1, -0.05) is 39.5 Å². The highest BCUT2D eigenvalue weighted by molar-refractivity contribution is 4.87. The van der Waals surface area contributed by atoms with E-state index >= 15 is 0 Å². The van der Waals surface area contributed by atoms with Crippen LogP contribution in [-0.4, -0.2) is 37.6 Å². The van der Waals surface area contributed by atoms with Crippen LogP contribution in [0.15, 0.2) is 0 Å². The molecule has 0 spiro atoms. The van der Waals surface area contributed by atoms with Gasteiger partial charge in [0.2, 0.25) is 0 Å². The number of unbranched alkanes of at least 4 members (excludes halogenated alkanes) is 2. The predicted molar refractivity (Wildman–Crippen MR) is 67.2 cm³/mol. The van der Waals surface area contributed by atoms with Crippen molar-refractivity contribution in [3.63, 3.8) is 0 Å². The number of rotatable bonds is 10. The summed E-state index contributed by atoms with van der Waals surface area (Å²) in [5.41, 5.74) is 0. The first-order valence-electron chi connectivity index (χ1n) is 7.23. The van der Waals surface area contributed by atoms with Gasteiger partial charge in [-0.15, -0.1) is 0 Å². The number of hydrogen-bond donors (Lipinski definition) is 0. The van der Waals surface area contributed by atoms with Crippen LogP contribution in [0.3, 0.4) is 0 Å². The fourth-order valence-corrected chi connectivity index (χ4v) is 2.27. The summed E-state index contributed by atoms with van der Waals surface area (Å²) >= 11 is 0. The lowest BCUT2D eigenvalue weighted by Gasteiger charge is -1.98. The van der Waals surface area contributed by atoms with Crippen LogP contribution in [0, 0.1) is 0 Å². The first-order valence-corrected chi connectivity index (χ1v) is 7.23. The van der Waals surface area contributed by atoms with Gasteiger partial charge in [0.15, 0.2) is 0 Å². The third-order valence-corrected chi connectivity index (χ3v) is 3.62. The molecular formula is C14H26O3. The Morgan fingerprint density at radius 1 is 0.765 bits per heavy atom. The molecule has 17 heavy (non-hydrogen) atoms. The van der Waals surface area contributed by atoms with Crippen LogP contribution in [0.25, 0.3) is 0 Å². The van der Waals surface area contributed by atoms with E-state index in [1.807, 2.05) is 0 Å². The monoisotopic (exact) mass is 242 g/mol. The van der Waals surface area contributed by atoms with E-state index in [9.17, 15) is 0 Å². The van der Waals surface area contributed by atoms with Crippen molar-refractivity contribution < 1.29 is 14.2 Å². The fourth-order valence-electron chi connectivity index (χ4n) is 2.27. The molecule has 2 saturated heterocycles. The summed E-state index contributed by atoms with van der Waals surface area (Å²) < 4.78 is 16.7. The third-order valence-electron chi connectivity index (χ3n) is 3.62. The van der Waals surface area contributed by atoms with E-state index in [-0.39, 0.29) is 0 Å². The lowest BCUT2D eigenvalue weighted by Crippen LogP contribution is -2.10. The Hall–Kier alpha value is -0.120. The lowest BCUT2D eigenvalue weighted by atomic mass is 10.1. The van der Waals surface area contributed by atoms with Crippen molar-refractivity contribution in [3.8, 4) is 0 Å². The highest BCUT2D eigenvalue weighted by Crippen LogP contribution is 2.30. The van der Waals surface area contributed by atoms with Gasteiger partial charge in [0.25, 0.3) is 0 Å². The lowest BCUT2D eigenvalue weighted by molar-refractivity contribution is 0.102. The third kappa shape index (κ3) is 4.57. The van der Waals surface area contributed by atoms with Gasteiger partial charge in [-0.2, -0.15) is 0 Å². The quantitative estimate of drug-likeness (QED) is 0.552. The highest BCUT2D eigenvalue weighted by atomic mass is 16.6. The summed E-state index contributed by atoms with van der Waals surface area (Å²) in [6.45, 7) is 5.95. The van der Waals surface area contributed by atoms with E-state index < -0.39 is 0 Å². The zero-order valence-electron chi connectivity index (χ0n) is 11.2. The molecule has 4 unspecified atom stereocenters. The molecule has 0 N–H and O–H groups in total. The Morgan fingerprint density at radius 2 is 1.24 bits per heavy atom. The summed E-state index contributed by atoms with van der Waals surface area (Å²) in [5.74, 6) is 0. The average molecular weight is 242 g/mol. The molecule has 0 aromatic heterocycles. The molecule has 2 heterocycles. The minimum absolute atomic E-state index is 0.370. The number of ether oxygens (including phenoxy) is 3. The van der Waals surface area contributed by atoms with E-state index in [4.69, 9.17) is 14.2 Å². The molecule has 4 atom stereocenters. The Bertz CT molecular complexity index is 198. The normalized spacial score (nSPS) is 34.9. The Labute approximate surface area is 105 Å². The molecule has 2 fully saturated rings. The molecule has 0 radical (unpaired) electrons. The molecule has 0 amide bonds. The summed E-state index contributed by atoms with van der Waals surface area (Å²) in [5, 5.41) is 0. The molecule has 3 heteroatoms. The zero-order chi connectivity index (χ0) is 12.1. The molecule has 0 bridgehead atoms. The molecule has 0 aliphatic carbocycles. The second-order valence-corrected chi connectivity index (χ2v) is 5.25. The van der Waals surface area contributed by atoms with Gasteiger partial charge in [0.05, 0.1) is 25.4 Å². The SMILES string of the molecule is CCCCC1OC1COCC1OC1CCCC. The first-order chi connectivity index (χ1) is 8.35. The molecule has 100 valence electrons. The van der Waals surface area contributed by atoms with E-state index in [2.05, 4.69) is 13.8 Å². The van der Waals surface area contributed by atoms with Crippen LogP contribution in [0.2, 0.25) is 0 Å². The molecule has 0 aromatic rings. The number of epoxide rings is 2. The van der Waals surface area contributed by atoms with Crippen LogP contribution in [-0.2, 0) is 14.2 Å². The molecule has 0 aromatic carbocycles. The topological polar surface area (TPSA) is 34.3 Å². The van der Waals surface area contributed by atoms with Crippen molar-refractivity contribution in [3.05, 3.63) is 0 Å². The second kappa shape index (κ2) is 6.72. The van der Waals surface area contributed by atoms with Gasteiger partial charge in [0.1, 0.15) is 12.2 Å². The van der Waals surface area contributed by atoms with Crippen LogP contribution in [0.1, 0.15) is 52.4 Å². The summed E-state index contributed by atoms with van der Waals surface area (Å²) in [6, 6.07) is 0. The van der Waals surface area contributed by atoms with Gasteiger partial charge in [0, 0.05) is 0 Å². The standard InChI is InChI=1S/C14H26O3/c1-3-5-7-11-13(16-11)9-15-10-14-12(17-14)8-6-4-2/h11-14H,3-10H2,1-2H3. The highest BCUT2D eigenvalue weighted by Gasteiger charge is 2.41. The summed E-state index contributed by atoms with van der Waals surface area (Å²) in [7, 11) is 0. The van der Waals surface area contributed by atoms with E-state index in [1.165, 1.54) is 38.5 Å². The van der Waals surface area contributed by atoms with Crippen molar-refractivity contribution in [2.45, 2.75) is 76.8 Å². The van der Waals surface area contributed by atoms with Crippen molar-refractivity contribution in [1.29, 1.82) is 0 Å². The molecule has 3 nitrogen and oxygen atoms in total. The molecule has 2 rings (SSSR count). The molecule has 0 saturated carbocycles. The van der Waals surface area contributed by atoms with Crippen LogP contribution in [0.4, 0.5) is 0 Å². The smallest absolute Gasteiger partial charge is 0.107 e. The van der Waals surface area contributed by atoms with Gasteiger partial charge in [-0.3, -0.25) is 0 Å². The fraction of sp³-hybridized carbons (Fsp3) is 1.00. The van der Waals surface area contributed by atoms with Gasteiger partial charge in [-0.05, 0) is 12.8 Å². The predicted octanol–water partition coefficient (Wildman–Crippen LogP) is 2.92.